The topological polar surface area (TPSA) is 109 Å². The van der Waals surface area contributed by atoms with Gasteiger partial charge in [0.05, 0.1) is 34.9 Å². The predicted molar refractivity (Wildman–Crippen MR) is 101 cm³/mol. The number of fused-ring (bicyclic) bond motifs is 1. The van der Waals surface area contributed by atoms with Gasteiger partial charge in [-0.3, -0.25) is 14.6 Å². The summed E-state index contributed by atoms with van der Waals surface area (Å²) in [5.41, 5.74) is 1.57. The third kappa shape index (κ3) is 3.68. The van der Waals surface area contributed by atoms with Crippen molar-refractivity contribution in [2.45, 2.75) is 25.3 Å². The summed E-state index contributed by atoms with van der Waals surface area (Å²) in [5.74, 6) is -0.723. The van der Waals surface area contributed by atoms with Crippen LogP contribution in [0.25, 0.3) is 10.9 Å². The molecule has 8 nitrogen and oxygen atoms in total. The first-order valence-electron chi connectivity index (χ1n) is 8.67. The van der Waals surface area contributed by atoms with Gasteiger partial charge in [0.2, 0.25) is 5.91 Å². The molecule has 9 heteroatoms. The van der Waals surface area contributed by atoms with Crippen LogP contribution in [0.4, 0.5) is 5.69 Å². The van der Waals surface area contributed by atoms with Gasteiger partial charge >= 0.3 is 0 Å². The van der Waals surface area contributed by atoms with Crippen LogP contribution in [-0.2, 0) is 19.4 Å². The summed E-state index contributed by atoms with van der Waals surface area (Å²) < 4.78 is 23.4. The van der Waals surface area contributed by atoms with Crippen molar-refractivity contribution in [3.05, 3.63) is 36.5 Å². The Bertz CT molecular complexity index is 1060. The molecule has 1 aromatic carbocycles. The van der Waals surface area contributed by atoms with Crippen LogP contribution in [-0.4, -0.2) is 53.5 Å². The van der Waals surface area contributed by atoms with Crippen molar-refractivity contribution in [1.82, 2.24) is 9.99 Å². The number of hydrazone groups is 1. The second-order valence-corrected chi connectivity index (χ2v) is 8.94. The average molecular weight is 386 g/mol. The lowest BCUT2D eigenvalue weighted by Crippen LogP contribution is -2.42. The summed E-state index contributed by atoms with van der Waals surface area (Å²) >= 11 is 0. The van der Waals surface area contributed by atoms with E-state index in [1.165, 1.54) is 5.01 Å². The van der Waals surface area contributed by atoms with Crippen LogP contribution in [0.1, 0.15) is 19.3 Å². The van der Waals surface area contributed by atoms with Crippen molar-refractivity contribution in [3.63, 3.8) is 0 Å². The molecule has 2 amide bonds. The number of hydrogen-bond donors (Lipinski definition) is 1. The number of pyridine rings is 1. The molecule has 1 fully saturated rings. The first-order chi connectivity index (χ1) is 12.9. The minimum absolute atomic E-state index is 0.0429. The lowest BCUT2D eigenvalue weighted by atomic mass is 10.1. The highest BCUT2D eigenvalue weighted by Gasteiger charge is 2.37. The molecule has 2 aliphatic rings. The highest BCUT2D eigenvalue weighted by Crippen LogP contribution is 2.23. The summed E-state index contributed by atoms with van der Waals surface area (Å²) in [4.78, 5) is 29.0. The number of para-hydroxylation sites is 1. The Kier molecular flexibility index (Phi) is 4.39. The molecule has 4 rings (SSSR count). The molecule has 27 heavy (non-hydrogen) atoms. The maximum Gasteiger partial charge on any atom is 0.271 e. The normalized spacial score (nSPS) is 21.9. The van der Waals surface area contributed by atoms with Gasteiger partial charge in [0.25, 0.3) is 5.91 Å². The van der Waals surface area contributed by atoms with E-state index in [0.717, 1.165) is 10.9 Å². The minimum Gasteiger partial charge on any atom is -0.319 e. The van der Waals surface area contributed by atoms with Crippen LogP contribution >= 0.6 is 0 Å². The van der Waals surface area contributed by atoms with Crippen LogP contribution < -0.4 is 5.32 Å². The Labute approximate surface area is 156 Å². The number of hydrogen-bond acceptors (Lipinski definition) is 6. The van der Waals surface area contributed by atoms with Gasteiger partial charge in [0.15, 0.2) is 9.84 Å². The van der Waals surface area contributed by atoms with Gasteiger partial charge in [-0.25, -0.2) is 13.4 Å². The van der Waals surface area contributed by atoms with Crippen LogP contribution in [0.5, 0.6) is 0 Å². The van der Waals surface area contributed by atoms with E-state index in [-0.39, 0.29) is 36.0 Å². The number of carbonyl (C=O) groups excluding carboxylic acids is 2. The van der Waals surface area contributed by atoms with E-state index in [4.69, 9.17) is 0 Å². The Balaban J connectivity index is 1.53. The van der Waals surface area contributed by atoms with E-state index in [0.29, 0.717) is 12.1 Å². The summed E-state index contributed by atoms with van der Waals surface area (Å²) in [7, 11) is -3.15. The Hall–Kier alpha value is -2.81. The molecule has 1 N–H and O–H groups in total. The van der Waals surface area contributed by atoms with Crippen molar-refractivity contribution in [3.8, 4) is 0 Å². The fraction of sp³-hybridized carbons (Fsp3) is 0.333. The van der Waals surface area contributed by atoms with Crippen LogP contribution in [0.3, 0.4) is 0 Å². The summed E-state index contributed by atoms with van der Waals surface area (Å²) in [5, 5.41) is 9.01. The summed E-state index contributed by atoms with van der Waals surface area (Å²) in [6, 6.07) is 8.88. The van der Waals surface area contributed by atoms with E-state index in [1.807, 2.05) is 30.3 Å². The van der Waals surface area contributed by atoms with Gasteiger partial charge < -0.3 is 5.32 Å². The molecule has 1 atom stereocenters. The maximum absolute atomic E-state index is 12.6. The van der Waals surface area contributed by atoms with Gasteiger partial charge in [-0.1, -0.05) is 18.2 Å². The average Bonchev–Trinajstić information content (AvgIpc) is 3.01. The molecule has 1 aromatic heterocycles. The number of amides is 2. The van der Waals surface area contributed by atoms with Crippen molar-refractivity contribution >= 4 is 44.0 Å². The van der Waals surface area contributed by atoms with E-state index in [1.54, 1.807) is 6.20 Å². The van der Waals surface area contributed by atoms with E-state index >= 15 is 0 Å². The molecule has 140 valence electrons. The van der Waals surface area contributed by atoms with Crippen molar-refractivity contribution in [2.75, 3.05) is 16.8 Å². The molecule has 0 radical (unpaired) electrons. The lowest BCUT2D eigenvalue weighted by Gasteiger charge is -2.27. The van der Waals surface area contributed by atoms with Crippen molar-refractivity contribution in [2.24, 2.45) is 5.10 Å². The van der Waals surface area contributed by atoms with Gasteiger partial charge in [-0.05, 0) is 18.6 Å². The Morgan fingerprint density at radius 3 is 2.81 bits per heavy atom. The molecule has 0 aliphatic carbocycles. The van der Waals surface area contributed by atoms with E-state index < -0.39 is 21.8 Å². The quantitative estimate of drug-likeness (QED) is 0.856. The third-order valence-electron chi connectivity index (χ3n) is 4.72. The zero-order valence-corrected chi connectivity index (χ0v) is 15.3. The zero-order valence-electron chi connectivity index (χ0n) is 14.5. The number of nitrogens with zero attached hydrogens (tertiary/aromatic N) is 3. The largest absolute Gasteiger partial charge is 0.319 e. The number of aromatic nitrogens is 1. The minimum atomic E-state index is -3.15. The van der Waals surface area contributed by atoms with E-state index in [9.17, 15) is 18.0 Å². The van der Waals surface area contributed by atoms with Gasteiger partial charge in [-0.2, -0.15) is 5.10 Å². The molecule has 2 aliphatic heterocycles. The van der Waals surface area contributed by atoms with Crippen molar-refractivity contribution in [1.29, 1.82) is 0 Å². The van der Waals surface area contributed by atoms with Gasteiger partial charge in [0, 0.05) is 18.2 Å². The molecule has 2 aromatic rings. The van der Waals surface area contributed by atoms with Gasteiger partial charge in [-0.15, -0.1) is 0 Å². The fourth-order valence-corrected chi connectivity index (χ4v) is 5.02. The number of sulfone groups is 1. The molecular formula is C18H18N4O4S. The smallest absolute Gasteiger partial charge is 0.271 e. The Morgan fingerprint density at radius 1 is 1.22 bits per heavy atom. The van der Waals surface area contributed by atoms with Crippen LogP contribution in [0.15, 0.2) is 41.6 Å². The molecule has 0 saturated carbocycles. The molecule has 0 spiro atoms. The third-order valence-corrected chi connectivity index (χ3v) is 6.47. The number of carbonyl (C=O) groups is 2. The number of rotatable bonds is 3. The SMILES string of the molecule is O=C(Nc1cnc2ccccc2c1)C1=NN(C2CCS(=O)(=O)C2)C(=O)CC1. The number of anilines is 1. The monoisotopic (exact) mass is 386 g/mol. The summed E-state index contributed by atoms with van der Waals surface area (Å²) in [6.45, 7) is 0. The highest BCUT2D eigenvalue weighted by atomic mass is 32.2. The molecule has 1 saturated heterocycles. The molecular weight excluding hydrogens is 368 g/mol. The second kappa shape index (κ2) is 6.73. The first kappa shape index (κ1) is 17.6. The number of nitrogens with one attached hydrogen (secondary N) is 1. The first-order valence-corrected chi connectivity index (χ1v) is 10.5. The predicted octanol–water partition coefficient (Wildman–Crippen LogP) is 1.34. The standard InChI is InChI=1S/C18H18N4O4S/c23-17-6-5-16(21-22(17)14-7-8-27(25,26)11-14)18(24)20-13-9-12-3-1-2-4-15(12)19-10-13/h1-4,9-10,14H,5-8,11H2,(H,20,24). The Morgan fingerprint density at radius 2 is 2.04 bits per heavy atom. The van der Waals surface area contributed by atoms with E-state index in [2.05, 4.69) is 15.4 Å². The molecule has 0 bridgehead atoms. The number of benzene rings is 1. The van der Waals surface area contributed by atoms with Crippen LogP contribution in [0.2, 0.25) is 0 Å². The molecule has 3 heterocycles. The lowest BCUT2D eigenvalue weighted by molar-refractivity contribution is -0.133. The maximum atomic E-state index is 12.6. The molecule has 1 unspecified atom stereocenters. The van der Waals surface area contributed by atoms with Gasteiger partial charge in [0.1, 0.15) is 5.71 Å². The zero-order chi connectivity index (χ0) is 19.0. The second-order valence-electron chi connectivity index (χ2n) is 6.71. The highest BCUT2D eigenvalue weighted by molar-refractivity contribution is 7.91. The van der Waals surface area contributed by atoms with Crippen molar-refractivity contribution < 1.29 is 18.0 Å². The summed E-state index contributed by atoms with van der Waals surface area (Å²) in [6.07, 6.45) is 2.28. The van der Waals surface area contributed by atoms with Crippen LogP contribution in [0, 0.1) is 0 Å². The fourth-order valence-electron chi connectivity index (χ4n) is 3.33.